The van der Waals surface area contributed by atoms with Gasteiger partial charge in [0.05, 0.1) is 0 Å². The zero-order chi connectivity index (χ0) is 23.2. The van der Waals surface area contributed by atoms with E-state index in [2.05, 4.69) is 67.7 Å². The SMILES string of the molecule is CC(Cc1ccc(Nc2ccc(CC(C)=C3C=CC(O)=CC3)cc2)cc1)=C1C=CC(O)=CC1. The molecule has 0 saturated heterocycles. The van der Waals surface area contributed by atoms with Gasteiger partial charge in [0.2, 0.25) is 0 Å². The maximum atomic E-state index is 9.50. The summed E-state index contributed by atoms with van der Waals surface area (Å²) in [6.07, 6.45) is 14.6. The molecule has 0 aliphatic heterocycles. The Balaban J connectivity index is 1.34. The first-order valence-electron chi connectivity index (χ1n) is 11.4. The van der Waals surface area contributed by atoms with Gasteiger partial charge in [0.1, 0.15) is 11.5 Å². The summed E-state index contributed by atoms with van der Waals surface area (Å²) >= 11 is 0. The molecule has 0 aromatic heterocycles. The molecule has 2 aromatic rings. The Kier molecular flexibility index (Phi) is 6.99. The van der Waals surface area contributed by atoms with Crippen LogP contribution in [0.2, 0.25) is 0 Å². The van der Waals surface area contributed by atoms with Crippen molar-refractivity contribution in [1.29, 1.82) is 0 Å². The minimum atomic E-state index is 0.349. The molecule has 168 valence electrons. The predicted molar refractivity (Wildman–Crippen MR) is 138 cm³/mol. The lowest BCUT2D eigenvalue weighted by atomic mass is 9.96. The monoisotopic (exact) mass is 437 g/mol. The van der Waals surface area contributed by atoms with Crippen LogP contribution < -0.4 is 5.32 Å². The highest BCUT2D eigenvalue weighted by Crippen LogP contribution is 2.24. The smallest absolute Gasteiger partial charge is 0.111 e. The van der Waals surface area contributed by atoms with Crippen LogP contribution >= 0.6 is 0 Å². The molecule has 2 aliphatic carbocycles. The van der Waals surface area contributed by atoms with Crippen LogP contribution in [-0.2, 0) is 12.8 Å². The van der Waals surface area contributed by atoms with Crippen LogP contribution in [0.3, 0.4) is 0 Å². The van der Waals surface area contributed by atoms with Gasteiger partial charge >= 0.3 is 0 Å². The summed E-state index contributed by atoms with van der Waals surface area (Å²) < 4.78 is 0. The summed E-state index contributed by atoms with van der Waals surface area (Å²) in [6.45, 7) is 4.32. The number of hydrogen-bond acceptors (Lipinski definition) is 3. The van der Waals surface area contributed by atoms with E-state index in [0.717, 1.165) is 37.1 Å². The number of rotatable bonds is 6. The van der Waals surface area contributed by atoms with Gasteiger partial charge in [-0.15, -0.1) is 0 Å². The van der Waals surface area contributed by atoms with Crippen molar-refractivity contribution in [2.75, 3.05) is 5.32 Å². The van der Waals surface area contributed by atoms with E-state index in [1.54, 1.807) is 12.2 Å². The minimum absolute atomic E-state index is 0.349. The number of allylic oxidation sites excluding steroid dienone is 10. The van der Waals surface area contributed by atoms with Crippen molar-refractivity contribution in [1.82, 2.24) is 0 Å². The summed E-state index contributed by atoms with van der Waals surface area (Å²) in [6, 6.07) is 17.2. The Labute approximate surface area is 196 Å². The molecule has 0 fully saturated rings. The highest BCUT2D eigenvalue weighted by Gasteiger charge is 2.07. The van der Waals surface area contributed by atoms with Crippen molar-refractivity contribution in [2.45, 2.75) is 39.5 Å². The van der Waals surface area contributed by atoms with Crippen molar-refractivity contribution in [3.63, 3.8) is 0 Å². The molecule has 33 heavy (non-hydrogen) atoms. The zero-order valence-electron chi connectivity index (χ0n) is 19.3. The molecule has 2 aliphatic rings. The third-order valence-electron chi connectivity index (χ3n) is 6.20. The van der Waals surface area contributed by atoms with Gasteiger partial charge in [-0.3, -0.25) is 0 Å². The van der Waals surface area contributed by atoms with Gasteiger partial charge in [0, 0.05) is 11.4 Å². The van der Waals surface area contributed by atoms with Crippen molar-refractivity contribution in [2.24, 2.45) is 0 Å². The molecule has 0 amide bonds. The van der Waals surface area contributed by atoms with Gasteiger partial charge in [-0.05, 0) is 110 Å². The Morgan fingerprint density at radius 3 is 1.36 bits per heavy atom. The minimum Gasteiger partial charge on any atom is -0.508 e. The fraction of sp³-hybridized carbons (Fsp3) is 0.200. The summed E-state index contributed by atoms with van der Waals surface area (Å²) in [5, 5.41) is 22.5. The molecule has 0 radical (unpaired) electrons. The first-order chi connectivity index (χ1) is 16.0. The number of nitrogens with one attached hydrogen (secondary N) is 1. The molecule has 3 N–H and O–H groups in total. The molecule has 0 atom stereocenters. The largest absolute Gasteiger partial charge is 0.508 e. The fourth-order valence-corrected chi connectivity index (χ4v) is 4.12. The second-order valence-electron chi connectivity index (χ2n) is 8.82. The van der Waals surface area contributed by atoms with E-state index in [-0.39, 0.29) is 0 Å². The standard InChI is InChI=1S/C30H31NO2/c1-21(25-7-15-29(32)16-8-25)19-23-3-11-27(12-4-23)31-28-13-5-24(6-14-28)20-22(2)26-9-17-30(33)18-10-26/h3-7,9,11-18,31-33H,8,10,19-20H2,1-2H3. The highest BCUT2D eigenvalue weighted by atomic mass is 16.3. The Morgan fingerprint density at radius 2 is 1.03 bits per heavy atom. The number of aliphatic hydroxyl groups is 2. The first-order valence-corrected chi connectivity index (χ1v) is 11.4. The molecule has 0 saturated carbocycles. The summed E-state index contributed by atoms with van der Waals surface area (Å²) in [5.41, 5.74) is 9.89. The normalized spacial score (nSPS) is 18.5. The Bertz CT molecular complexity index is 1090. The molecular formula is C30H31NO2. The van der Waals surface area contributed by atoms with Crippen molar-refractivity contribution < 1.29 is 10.2 Å². The topological polar surface area (TPSA) is 52.5 Å². The predicted octanol–water partition coefficient (Wildman–Crippen LogP) is 7.95. The van der Waals surface area contributed by atoms with Crippen molar-refractivity contribution >= 4 is 11.4 Å². The third kappa shape index (κ3) is 6.17. The maximum absolute atomic E-state index is 9.50. The van der Waals surface area contributed by atoms with Gasteiger partial charge in [-0.25, -0.2) is 0 Å². The Hall–Kier alpha value is -3.72. The zero-order valence-corrected chi connectivity index (χ0v) is 19.3. The van der Waals surface area contributed by atoms with Gasteiger partial charge in [-0.1, -0.05) is 47.6 Å². The molecule has 0 spiro atoms. The van der Waals surface area contributed by atoms with Crippen LogP contribution in [0, 0.1) is 0 Å². The lowest BCUT2D eigenvalue weighted by Crippen LogP contribution is -1.96. The number of benzene rings is 2. The summed E-state index contributed by atoms with van der Waals surface area (Å²) in [5.74, 6) is 0.698. The van der Waals surface area contributed by atoms with E-state index < -0.39 is 0 Å². The quantitative estimate of drug-likeness (QED) is 0.430. The molecule has 3 heteroatoms. The average Bonchev–Trinajstić information content (AvgIpc) is 2.82. The van der Waals surface area contributed by atoms with Crippen molar-refractivity contribution in [3.8, 4) is 0 Å². The molecule has 4 rings (SSSR count). The number of aliphatic hydroxyl groups excluding tert-OH is 2. The van der Waals surface area contributed by atoms with Crippen LogP contribution in [0.1, 0.15) is 37.8 Å². The molecule has 0 bridgehead atoms. The Morgan fingerprint density at radius 1 is 0.636 bits per heavy atom. The molecular weight excluding hydrogens is 406 g/mol. The number of anilines is 2. The van der Waals surface area contributed by atoms with Gasteiger partial charge in [0.25, 0.3) is 0 Å². The van der Waals surface area contributed by atoms with Gasteiger partial charge in [0.15, 0.2) is 0 Å². The van der Waals surface area contributed by atoms with E-state index in [0.29, 0.717) is 11.5 Å². The molecule has 3 nitrogen and oxygen atoms in total. The summed E-state index contributed by atoms with van der Waals surface area (Å²) in [7, 11) is 0. The van der Waals surface area contributed by atoms with Crippen LogP contribution in [0.4, 0.5) is 11.4 Å². The van der Waals surface area contributed by atoms with Crippen LogP contribution in [-0.4, -0.2) is 10.2 Å². The van der Waals surface area contributed by atoms with Gasteiger partial charge in [-0.2, -0.15) is 0 Å². The summed E-state index contributed by atoms with van der Waals surface area (Å²) in [4.78, 5) is 0. The molecule has 2 aromatic carbocycles. The van der Waals surface area contributed by atoms with Gasteiger partial charge < -0.3 is 15.5 Å². The lowest BCUT2D eigenvalue weighted by molar-refractivity contribution is 0.428. The third-order valence-corrected chi connectivity index (χ3v) is 6.20. The fourth-order valence-electron chi connectivity index (χ4n) is 4.12. The maximum Gasteiger partial charge on any atom is 0.111 e. The van der Waals surface area contributed by atoms with Crippen LogP contribution in [0.15, 0.2) is 119 Å². The number of hydrogen-bond donors (Lipinski definition) is 3. The van der Waals surface area contributed by atoms with Crippen LogP contribution in [0.5, 0.6) is 0 Å². The van der Waals surface area contributed by atoms with E-state index in [9.17, 15) is 10.2 Å². The van der Waals surface area contributed by atoms with E-state index in [1.165, 1.54) is 33.4 Å². The highest BCUT2D eigenvalue weighted by molar-refractivity contribution is 5.60. The van der Waals surface area contributed by atoms with E-state index in [1.807, 2.05) is 24.3 Å². The molecule has 0 unspecified atom stereocenters. The molecule has 0 heterocycles. The van der Waals surface area contributed by atoms with E-state index in [4.69, 9.17) is 0 Å². The second-order valence-corrected chi connectivity index (χ2v) is 8.82. The first kappa shape index (κ1) is 22.5. The van der Waals surface area contributed by atoms with Crippen LogP contribution in [0.25, 0.3) is 0 Å². The van der Waals surface area contributed by atoms with Crippen molar-refractivity contribution in [3.05, 3.63) is 130 Å². The van der Waals surface area contributed by atoms with E-state index >= 15 is 0 Å². The second kappa shape index (κ2) is 10.3. The lowest BCUT2D eigenvalue weighted by Gasteiger charge is -2.12. The average molecular weight is 438 g/mol.